The molecule has 2 aromatic rings. The highest BCUT2D eigenvalue weighted by atomic mass is 16.2. The zero-order valence-corrected chi connectivity index (χ0v) is 18.2. The third-order valence-electron chi connectivity index (χ3n) is 6.35. The molecule has 0 N–H and O–H groups in total. The van der Waals surface area contributed by atoms with Gasteiger partial charge in [-0.1, -0.05) is 43.3 Å². The first kappa shape index (κ1) is 20.4. The molecule has 2 amide bonds. The standard InChI is InChI=1S/C25H29N3O2/c1-5-26-12-14-27(15-13-26)23-22(20-11-10-17(2)19(4)16-20)24(29)28(25(23)30)21-9-7-6-8-18(21)3/h6-11,16H,5,12-15H2,1-4H3. The highest BCUT2D eigenvalue weighted by Crippen LogP contribution is 2.36. The van der Waals surface area contributed by atoms with Gasteiger partial charge in [-0.2, -0.15) is 0 Å². The number of nitrogens with zero attached hydrogens (tertiary/aromatic N) is 3. The molecule has 0 aromatic heterocycles. The quantitative estimate of drug-likeness (QED) is 0.733. The number of amides is 2. The summed E-state index contributed by atoms with van der Waals surface area (Å²) < 4.78 is 0. The Morgan fingerprint density at radius 2 is 1.50 bits per heavy atom. The van der Waals surface area contributed by atoms with Crippen LogP contribution in [0.5, 0.6) is 0 Å². The molecule has 30 heavy (non-hydrogen) atoms. The van der Waals surface area contributed by atoms with Crippen molar-refractivity contribution >= 4 is 23.1 Å². The van der Waals surface area contributed by atoms with Crippen LogP contribution in [0, 0.1) is 20.8 Å². The average molecular weight is 404 g/mol. The molecule has 0 unspecified atom stereocenters. The largest absolute Gasteiger partial charge is 0.364 e. The fourth-order valence-corrected chi connectivity index (χ4v) is 4.29. The zero-order chi connectivity index (χ0) is 21.4. The van der Waals surface area contributed by atoms with E-state index in [2.05, 4.69) is 23.6 Å². The highest BCUT2D eigenvalue weighted by Gasteiger charge is 2.43. The summed E-state index contributed by atoms with van der Waals surface area (Å²) in [5.74, 6) is -0.446. The molecule has 1 fully saturated rings. The molecule has 5 nitrogen and oxygen atoms in total. The van der Waals surface area contributed by atoms with Crippen LogP contribution in [0.3, 0.4) is 0 Å². The van der Waals surface area contributed by atoms with Gasteiger partial charge >= 0.3 is 0 Å². The lowest BCUT2D eigenvalue weighted by Crippen LogP contribution is -2.47. The molecule has 156 valence electrons. The van der Waals surface area contributed by atoms with Gasteiger partial charge in [0.15, 0.2) is 0 Å². The van der Waals surface area contributed by atoms with Crippen LogP contribution in [0.1, 0.15) is 29.2 Å². The van der Waals surface area contributed by atoms with Gasteiger partial charge in [-0.25, -0.2) is 4.90 Å². The lowest BCUT2D eigenvalue weighted by molar-refractivity contribution is -0.120. The Balaban J connectivity index is 1.82. The predicted molar refractivity (Wildman–Crippen MR) is 120 cm³/mol. The minimum absolute atomic E-state index is 0.215. The Kier molecular flexibility index (Phi) is 5.48. The fraction of sp³-hybridized carbons (Fsp3) is 0.360. The average Bonchev–Trinajstić information content (AvgIpc) is 3.01. The predicted octanol–water partition coefficient (Wildman–Crippen LogP) is 3.53. The highest BCUT2D eigenvalue weighted by molar-refractivity contribution is 6.45. The van der Waals surface area contributed by atoms with E-state index in [9.17, 15) is 9.59 Å². The number of hydrogen-bond acceptors (Lipinski definition) is 4. The lowest BCUT2D eigenvalue weighted by atomic mass is 9.99. The van der Waals surface area contributed by atoms with Crippen molar-refractivity contribution in [1.82, 2.24) is 9.80 Å². The molecule has 0 radical (unpaired) electrons. The molecule has 2 aliphatic rings. The molecule has 5 heteroatoms. The molecule has 0 bridgehead atoms. The number of rotatable bonds is 4. The van der Waals surface area contributed by atoms with Gasteiger partial charge in [-0.05, 0) is 55.6 Å². The Bertz CT molecular complexity index is 1030. The SMILES string of the molecule is CCN1CCN(C2=C(c3ccc(C)c(C)c3)C(=O)N(c3ccccc3C)C2=O)CC1. The number of carbonyl (C=O) groups excluding carboxylic acids is 2. The Morgan fingerprint density at radius 3 is 2.13 bits per heavy atom. The van der Waals surface area contributed by atoms with Gasteiger partial charge in [0.2, 0.25) is 0 Å². The number of imide groups is 1. The zero-order valence-electron chi connectivity index (χ0n) is 18.2. The smallest absolute Gasteiger partial charge is 0.282 e. The molecule has 4 rings (SSSR count). The monoisotopic (exact) mass is 403 g/mol. The molecule has 2 aromatic carbocycles. The number of benzene rings is 2. The van der Waals surface area contributed by atoms with Gasteiger partial charge in [0.25, 0.3) is 11.8 Å². The molecule has 2 heterocycles. The van der Waals surface area contributed by atoms with Crippen LogP contribution in [-0.2, 0) is 9.59 Å². The van der Waals surface area contributed by atoms with E-state index in [1.165, 1.54) is 10.5 Å². The summed E-state index contributed by atoms with van der Waals surface area (Å²) >= 11 is 0. The molecule has 0 aliphatic carbocycles. The Morgan fingerprint density at radius 1 is 0.800 bits per heavy atom. The van der Waals surface area contributed by atoms with Crippen LogP contribution in [-0.4, -0.2) is 54.3 Å². The van der Waals surface area contributed by atoms with Crippen LogP contribution in [0.2, 0.25) is 0 Å². The second kappa shape index (κ2) is 8.07. The summed E-state index contributed by atoms with van der Waals surface area (Å²) in [7, 11) is 0. The first-order valence-electron chi connectivity index (χ1n) is 10.7. The summed E-state index contributed by atoms with van der Waals surface area (Å²) in [5.41, 5.74) is 5.75. The van der Waals surface area contributed by atoms with Gasteiger partial charge < -0.3 is 9.80 Å². The Labute approximate surface area is 178 Å². The van der Waals surface area contributed by atoms with E-state index in [0.29, 0.717) is 17.0 Å². The second-order valence-corrected chi connectivity index (χ2v) is 8.18. The fourth-order valence-electron chi connectivity index (χ4n) is 4.29. The minimum atomic E-state index is -0.231. The summed E-state index contributed by atoms with van der Waals surface area (Å²) in [5, 5.41) is 0. The van der Waals surface area contributed by atoms with Gasteiger partial charge in [0.05, 0.1) is 11.3 Å². The molecule has 1 saturated heterocycles. The van der Waals surface area contributed by atoms with Crippen molar-refractivity contribution in [2.45, 2.75) is 27.7 Å². The van der Waals surface area contributed by atoms with E-state index in [1.54, 1.807) is 0 Å². The maximum atomic E-state index is 13.6. The number of para-hydroxylation sites is 1. The number of carbonyl (C=O) groups is 2. The molecule has 0 spiro atoms. The van der Waals surface area contributed by atoms with E-state index in [-0.39, 0.29) is 11.8 Å². The third-order valence-corrected chi connectivity index (χ3v) is 6.35. The van der Waals surface area contributed by atoms with Crippen LogP contribution in [0.15, 0.2) is 48.2 Å². The van der Waals surface area contributed by atoms with E-state index >= 15 is 0 Å². The number of aryl methyl sites for hydroxylation is 3. The molecular weight excluding hydrogens is 374 g/mol. The lowest BCUT2D eigenvalue weighted by Gasteiger charge is -2.36. The van der Waals surface area contributed by atoms with Crippen molar-refractivity contribution in [3.8, 4) is 0 Å². The Hall–Kier alpha value is -2.92. The number of anilines is 1. The number of piperazine rings is 1. The molecule has 0 atom stereocenters. The van der Waals surface area contributed by atoms with E-state index in [4.69, 9.17) is 0 Å². The van der Waals surface area contributed by atoms with E-state index in [1.807, 2.05) is 56.3 Å². The van der Waals surface area contributed by atoms with Gasteiger partial charge in [-0.3, -0.25) is 9.59 Å². The third kappa shape index (κ3) is 3.43. The van der Waals surface area contributed by atoms with Gasteiger partial charge in [0.1, 0.15) is 5.70 Å². The topological polar surface area (TPSA) is 43.9 Å². The summed E-state index contributed by atoms with van der Waals surface area (Å²) in [6.07, 6.45) is 0. The van der Waals surface area contributed by atoms with Gasteiger partial charge in [0, 0.05) is 26.2 Å². The summed E-state index contributed by atoms with van der Waals surface area (Å²) in [6.45, 7) is 12.5. The van der Waals surface area contributed by atoms with Crippen LogP contribution < -0.4 is 4.90 Å². The van der Waals surface area contributed by atoms with Crippen molar-refractivity contribution in [1.29, 1.82) is 0 Å². The van der Waals surface area contributed by atoms with E-state index < -0.39 is 0 Å². The second-order valence-electron chi connectivity index (χ2n) is 8.18. The maximum absolute atomic E-state index is 13.6. The molecule has 0 saturated carbocycles. The van der Waals surface area contributed by atoms with Crippen molar-refractivity contribution in [2.24, 2.45) is 0 Å². The number of likely N-dealkylation sites (N-methyl/N-ethyl adjacent to an activating group) is 1. The van der Waals surface area contributed by atoms with Crippen molar-refractivity contribution in [3.05, 3.63) is 70.4 Å². The number of hydrogen-bond donors (Lipinski definition) is 0. The van der Waals surface area contributed by atoms with E-state index in [0.717, 1.165) is 49.4 Å². The maximum Gasteiger partial charge on any atom is 0.282 e. The van der Waals surface area contributed by atoms with Crippen LogP contribution >= 0.6 is 0 Å². The van der Waals surface area contributed by atoms with Crippen molar-refractivity contribution in [3.63, 3.8) is 0 Å². The first-order valence-corrected chi connectivity index (χ1v) is 10.7. The van der Waals surface area contributed by atoms with Crippen molar-refractivity contribution in [2.75, 3.05) is 37.6 Å². The minimum Gasteiger partial charge on any atom is -0.364 e. The first-order chi connectivity index (χ1) is 14.4. The molecule has 2 aliphatic heterocycles. The summed E-state index contributed by atoms with van der Waals surface area (Å²) in [6, 6.07) is 13.6. The van der Waals surface area contributed by atoms with Crippen LogP contribution in [0.25, 0.3) is 5.57 Å². The molecular formula is C25H29N3O2. The van der Waals surface area contributed by atoms with Crippen molar-refractivity contribution < 1.29 is 9.59 Å². The van der Waals surface area contributed by atoms with Crippen LogP contribution in [0.4, 0.5) is 5.69 Å². The summed E-state index contributed by atoms with van der Waals surface area (Å²) in [4.78, 5) is 33.1. The van der Waals surface area contributed by atoms with Gasteiger partial charge in [-0.15, -0.1) is 0 Å². The normalized spacial score (nSPS) is 18.0.